The van der Waals surface area contributed by atoms with Crippen molar-refractivity contribution < 1.29 is 18.7 Å². The third kappa shape index (κ3) is 4.02. The number of amides is 1. The number of benzene rings is 1. The standard InChI is InChI=1S/C15H20FNO3/c1-19-8-9-20-13-6-7-17(11-13)15(18)10-12-4-2-3-5-14(12)16/h2-5,13H,6-11H2,1H3. The van der Waals surface area contributed by atoms with Crippen molar-refractivity contribution in [1.82, 2.24) is 4.90 Å². The number of carbonyl (C=O) groups excluding carboxylic acids is 1. The minimum Gasteiger partial charge on any atom is -0.382 e. The largest absolute Gasteiger partial charge is 0.382 e. The van der Waals surface area contributed by atoms with Crippen LogP contribution in [0.1, 0.15) is 12.0 Å². The zero-order chi connectivity index (χ0) is 14.4. The highest BCUT2D eigenvalue weighted by Gasteiger charge is 2.26. The van der Waals surface area contributed by atoms with E-state index in [1.165, 1.54) is 6.07 Å². The molecular formula is C15H20FNO3. The highest BCUT2D eigenvalue weighted by atomic mass is 19.1. The average Bonchev–Trinajstić information content (AvgIpc) is 2.91. The fourth-order valence-corrected chi connectivity index (χ4v) is 2.31. The number of halogens is 1. The van der Waals surface area contributed by atoms with Gasteiger partial charge in [-0.1, -0.05) is 18.2 Å². The van der Waals surface area contributed by atoms with Crippen LogP contribution in [0.25, 0.3) is 0 Å². The van der Waals surface area contributed by atoms with Crippen LogP contribution in [0.3, 0.4) is 0 Å². The highest BCUT2D eigenvalue weighted by Crippen LogP contribution is 2.15. The molecule has 0 aromatic heterocycles. The molecule has 1 saturated heterocycles. The van der Waals surface area contributed by atoms with Crippen molar-refractivity contribution in [3.8, 4) is 0 Å². The first-order chi connectivity index (χ1) is 9.70. The molecule has 0 radical (unpaired) electrons. The minimum atomic E-state index is -0.326. The second-order valence-corrected chi connectivity index (χ2v) is 4.88. The van der Waals surface area contributed by atoms with Crippen molar-refractivity contribution in [2.24, 2.45) is 0 Å². The van der Waals surface area contributed by atoms with E-state index in [-0.39, 0.29) is 24.2 Å². The van der Waals surface area contributed by atoms with Crippen LogP contribution < -0.4 is 0 Å². The van der Waals surface area contributed by atoms with Crippen LogP contribution in [0.4, 0.5) is 4.39 Å². The van der Waals surface area contributed by atoms with E-state index in [2.05, 4.69) is 0 Å². The summed E-state index contributed by atoms with van der Waals surface area (Å²) in [4.78, 5) is 13.9. The normalized spacial score (nSPS) is 18.5. The smallest absolute Gasteiger partial charge is 0.227 e. The monoisotopic (exact) mass is 281 g/mol. The Hall–Kier alpha value is -1.46. The molecule has 1 aromatic carbocycles. The first-order valence-electron chi connectivity index (χ1n) is 6.82. The van der Waals surface area contributed by atoms with E-state index in [0.717, 1.165) is 6.42 Å². The predicted octanol–water partition coefficient (Wildman–Crippen LogP) is 1.63. The maximum Gasteiger partial charge on any atom is 0.227 e. The molecule has 1 fully saturated rings. The Morgan fingerprint density at radius 2 is 2.20 bits per heavy atom. The van der Waals surface area contributed by atoms with Crippen molar-refractivity contribution in [3.05, 3.63) is 35.6 Å². The maximum atomic E-state index is 13.5. The molecule has 0 bridgehead atoms. The quantitative estimate of drug-likeness (QED) is 0.744. The van der Waals surface area contributed by atoms with E-state index in [9.17, 15) is 9.18 Å². The number of hydrogen-bond donors (Lipinski definition) is 0. The Labute approximate surface area is 118 Å². The van der Waals surface area contributed by atoms with Crippen LogP contribution in [0.15, 0.2) is 24.3 Å². The molecular weight excluding hydrogens is 261 g/mol. The van der Waals surface area contributed by atoms with Gasteiger partial charge in [-0.25, -0.2) is 4.39 Å². The molecule has 0 aliphatic carbocycles. The summed E-state index contributed by atoms with van der Waals surface area (Å²) in [7, 11) is 1.63. The first-order valence-corrected chi connectivity index (χ1v) is 6.82. The van der Waals surface area contributed by atoms with Gasteiger partial charge in [0.25, 0.3) is 0 Å². The Balaban J connectivity index is 1.81. The van der Waals surface area contributed by atoms with Gasteiger partial charge >= 0.3 is 0 Å². The highest BCUT2D eigenvalue weighted by molar-refractivity contribution is 5.79. The lowest BCUT2D eigenvalue weighted by molar-refractivity contribution is -0.130. The van der Waals surface area contributed by atoms with Gasteiger partial charge in [-0.3, -0.25) is 4.79 Å². The summed E-state index contributed by atoms with van der Waals surface area (Å²) >= 11 is 0. The van der Waals surface area contributed by atoms with Crippen molar-refractivity contribution >= 4 is 5.91 Å². The van der Waals surface area contributed by atoms with Gasteiger partial charge in [0, 0.05) is 20.2 Å². The van der Waals surface area contributed by atoms with Crippen molar-refractivity contribution in [2.75, 3.05) is 33.4 Å². The van der Waals surface area contributed by atoms with E-state index < -0.39 is 0 Å². The number of rotatable bonds is 6. The van der Waals surface area contributed by atoms with E-state index in [4.69, 9.17) is 9.47 Å². The molecule has 1 aliphatic rings. The lowest BCUT2D eigenvalue weighted by Crippen LogP contribution is -2.31. The first kappa shape index (κ1) is 14.9. The molecule has 0 N–H and O–H groups in total. The predicted molar refractivity (Wildman–Crippen MR) is 72.9 cm³/mol. The van der Waals surface area contributed by atoms with Crippen LogP contribution in [0.2, 0.25) is 0 Å². The van der Waals surface area contributed by atoms with Gasteiger partial charge < -0.3 is 14.4 Å². The van der Waals surface area contributed by atoms with Crippen LogP contribution >= 0.6 is 0 Å². The summed E-state index contributed by atoms with van der Waals surface area (Å²) in [6.07, 6.45) is 0.999. The van der Waals surface area contributed by atoms with Gasteiger partial charge in [0.1, 0.15) is 5.82 Å². The zero-order valence-electron chi connectivity index (χ0n) is 11.7. The van der Waals surface area contributed by atoms with Gasteiger partial charge in [0.2, 0.25) is 5.91 Å². The Bertz CT molecular complexity index is 452. The lowest BCUT2D eigenvalue weighted by Gasteiger charge is -2.17. The van der Waals surface area contributed by atoms with Gasteiger partial charge in [0.15, 0.2) is 0 Å². The number of ether oxygens (including phenoxy) is 2. The third-order valence-electron chi connectivity index (χ3n) is 3.44. The number of nitrogens with zero attached hydrogens (tertiary/aromatic N) is 1. The lowest BCUT2D eigenvalue weighted by atomic mass is 10.1. The van der Waals surface area contributed by atoms with Gasteiger partial charge in [-0.05, 0) is 18.1 Å². The van der Waals surface area contributed by atoms with E-state index in [1.807, 2.05) is 0 Å². The molecule has 110 valence electrons. The summed E-state index contributed by atoms with van der Waals surface area (Å²) < 4.78 is 24.0. The molecule has 2 rings (SSSR count). The van der Waals surface area contributed by atoms with E-state index >= 15 is 0 Å². The summed E-state index contributed by atoms with van der Waals surface area (Å²) in [5, 5.41) is 0. The third-order valence-corrected chi connectivity index (χ3v) is 3.44. The Kier molecular flexibility index (Phi) is 5.49. The molecule has 1 aliphatic heterocycles. The number of likely N-dealkylation sites (tertiary alicyclic amines) is 1. The molecule has 1 unspecified atom stereocenters. The average molecular weight is 281 g/mol. The van der Waals surface area contributed by atoms with Crippen LogP contribution in [-0.2, 0) is 20.7 Å². The fourth-order valence-electron chi connectivity index (χ4n) is 2.31. The summed E-state index contributed by atoms with van der Waals surface area (Å²) in [6.45, 7) is 2.35. The van der Waals surface area contributed by atoms with Crippen LogP contribution in [0.5, 0.6) is 0 Å². The van der Waals surface area contributed by atoms with Gasteiger partial charge in [-0.15, -0.1) is 0 Å². The molecule has 1 heterocycles. The van der Waals surface area contributed by atoms with E-state index in [0.29, 0.717) is 31.9 Å². The number of carbonyl (C=O) groups is 1. The molecule has 4 nitrogen and oxygen atoms in total. The Morgan fingerprint density at radius 1 is 1.40 bits per heavy atom. The van der Waals surface area contributed by atoms with Crippen molar-refractivity contribution in [3.63, 3.8) is 0 Å². The zero-order valence-corrected chi connectivity index (χ0v) is 11.7. The van der Waals surface area contributed by atoms with Gasteiger partial charge in [0.05, 0.1) is 25.7 Å². The molecule has 1 aromatic rings. The Morgan fingerprint density at radius 3 is 2.95 bits per heavy atom. The number of methoxy groups -OCH3 is 1. The summed E-state index contributed by atoms with van der Waals surface area (Å²) in [6, 6.07) is 6.39. The second kappa shape index (κ2) is 7.36. The van der Waals surface area contributed by atoms with Crippen molar-refractivity contribution in [1.29, 1.82) is 0 Å². The molecule has 20 heavy (non-hydrogen) atoms. The molecule has 5 heteroatoms. The summed E-state index contributed by atoms with van der Waals surface area (Å²) in [5.41, 5.74) is 0.446. The molecule has 0 saturated carbocycles. The fraction of sp³-hybridized carbons (Fsp3) is 0.533. The minimum absolute atomic E-state index is 0.0482. The van der Waals surface area contributed by atoms with Crippen LogP contribution in [-0.4, -0.2) is 50.3 Å². The van der Waals surface area contributed by atoms with Gasteiger partial charge in [-0.2, -0.15) is 0 Å². The van der Waals surface area contributed by atoms with E-state index in [1.54, 1.807) is 30.2 Å². The molecule has 1 amide bonds. The van der Waals surface area contributed by atoms with Crippen molar-refractivity contribution in [2.45, 2.75) is 18.9 Å². The SMILES string of the molecule is COCCOC1CCN(C(=O)Cc2ccccc2F)C1. The van der Waals surface area contributed by atoms with Crippen LogP contribution in [0, 0.1) is 5.82 Å². The number of hydrogen-bond acceptors (Lipinski definition) is 3. The molecule has 1 atom stereocenters. The second-order valence-electron chi connectivity index (χ2n) is 4.88. The topological polar surface area (TPSA) is 38.8 Å². The summed E-state index contributed by atoms with van der Waals surface area (Å²) in [5.74, 6) is -0.374. The molecule has 0 spiro atoms. The maximum absolute atomic E-state index is 13.5.